The van der Waals surface area contributed by atoms with E-state index in [1.54, 1.807) is 7.11 Å². The Hall–Kier alpha value is -2.62. The van der Waals surface area contributed by atoms with Crippen molar-refractivity contribution in [3.8, 4) is 5.75 Å². The zero-order chi connectivity index (χ0) is 16.8. The standard InChI is InChI=1S/C19H24N3O/c1-15-8-6-7-9-19(15)21(3)16(2)14-20-22(4)17-10-12-18(23-5)13-11-17/h6-14H,1-5H3/q+1. The average Bonchev–Trinajstić information content (AvgIpc) is 2.59. The molecule has 120 valence electrons. The van der Waals surface area contributed by atoms with Crippen LogP contribution in [0.4, 0.5) is 11.4 Å². The molecule has 2 aromatic rings. The van der Waals surface area contributed by atoms with Crippen molar-refractivity contribution in [1.29, 1.82) is 0 Å². The van der Waals surface area contributed by atoms with Crippen LogP contribution in [0.5, 0.6) is 5.75 Å². The summed E-state index contributed by atoms with van der Waals surface area (Å²) in [6.45, 7) is 4.16. The van der Waals surface area contributed by atoms with Gasteiger partial charge in [-0.3, -0.25) is 5.01 Å². The lowest BCUT2D eigenvalue weighted by Gasteiger charge is -2.12. The van der Waals surface area contributed by atoms with Crippen molar-refractivity contribution in [2.45, 2.75) is 13.8 Å². The van der Waals surface area contributed by atoms with Crippen molar-refractivity contribution in [2.24, 2.45) is 5.10 Å². The van der Waals surface area contributed by atoms with Crippen LogP contribution in [0.15, 0.2) is 53.6 Å². The molecule has 2 aromatic carbocycles. The van der Waals surface area contributed by atoms with Gasteiger partial charge in [0.2, 0.25) is 5.69 Å². The summed E-state index contributed by atoms with van der Waals surface area (Å²) in [6.07, 6.45) is 1.87. The van der Waals surface area contributed by atoms with Crippen molar-refractivity contribution >= 4 is 23.3 Å². The quantitative estimate of drug-likeness (QED) is 0.476. The summed E-state index contributed by atoms with van der Waals surface area (Å²) in [4.78, 5) is 0. The Morgan fingerprint density at radius 2 is 1.78 bits per heavy atom. The van der Waals surface area contributed by atoms with E-state index in [-0.39, 0.29) is 0 Å². The Morgan fingerprint density at radius 3 is 2.39 bits per heavy atom. The van der Waals surface area contributed by atoms with Gasteiger partial charge in [0, 0.05) is 25.6 Å². The van der Waals surface area contributed by atoms with Crippen LogP contribution in [-0.4, -0.2) is 37.7 Å². The van der Waals surface area contributed by atoms with E-state index in [4.69, 9.17) is 4.74 Å². The largest absolute Gasteiger partial charge is 0.497 e. The molecule has 0 bridgehead atoms. The molecule has 0 heterocycles. The maximum Gasteiger partial charge on any atom is 0.208 e. The molecule has 4 nitrogen and oxygen atoms in total. The number of benzene rings is 2. The minimum atomic E-state index is 0.841. The molecule has 0 saturated carbocycles. The number of nitrogens with zero attached hydrogens (tertiary/aromatic N) is 3. The van der Waals surface area contributed by atoms with Gasteiger partial charge in [0.1, 0.15) is 19.0 Å². The minimum Gasteiger partial charge on any atom is -0.497 e. The Labute approximate surface area is 138 Å². The Morgan fingerprint density at radius 1 is 1.13 bits per heavy atom. The fourth-order valence-electron chi connectivity index (χ4n) is 2.25. The molecule has 0 atom stereocenters. The van der Waals surface area contributed by atoms with Gasteiger partial charge in [0.15, 0.2) is 5.71 Å². The fraction of sp³-hybridized carbons (Fsp3) is 0.263. The number of methoxy groups -OCH3 is 1. The molecule has 0 N–H and O–H groups in total. The third-order valence-electron chi connectivity index (χ3n) is 3.87. The average molecular weight is 310 g/mol. The van der Waals surface area contributed by atoms with Crippen LogP contribution in [0.3, 0.4) is 0 Å². The normalized spacial score (nSPS) is 12.2. The SMILES string of the molecule is COc1ccc(N(C)/N=C/C(C)=[N+](C)c2ccccc2C)cc1. The first-order valence-electron chi connectivity index (χ1n) is 7.57. The van der Waals surface area contributed by atoms with Crippen molar-refractivity contribution in [2.75, 3.05) is 26.2 Å². The van der Waals surface area contributed by atoms with E-state index in [0.29, 0.717) is 0 Å². The molecule has 0 spiro atoms. The predicted molar refractivity (Wildman–Crippen MR) is 97.6 cm³/mol. The topological polar surface area (TPSA) is 27.8 Å². The summed E-state index contributed by atoms with van der Waals surface area (Å²) >= 11 is 0. The van der Waals surface area contributed by atoms with Crippen LogP contribution >= 0.6 is 0 Å². The molecule has 0 aliphatic heterocycles. The molecule has 2 rings (SSSR count). The molecular formula is C19H24N3O+. The van der Waals surface area contributed by atoms with Gasteiger partial charge in [-0.25, -0.2) is 0 Å². The molecule has 0 radical (unpaired) electrons. The Balaban J connectivity index is 2.17. The van der Waals surface area contributed by atoms with Gasteiger partial charge >= 0.3 is 0 Å². The van der Waals surface area contributed by atoms with Crippen molar-refractivity contribution in [3.05, 3.63) is 54.1 Å². The zero-order valence-corrected chi connectivity index (χ0v) is 14.4. The lowest BCUT2D eigenvalue weighted by atomic mass is 10.2. The maximum atomic E-state index is 5.17. The number of rotatable bonds is 5. The predicted octanol–water partition coefficient (Wildman–Crippen LogP) is 3.86. The first-order valence-corrected chi connectivity index (χ1v) is 7.57. The van der Waals surface area contributed by atoms with E-state index >= 15 is 0 Å². The summed E-state index contributed by atoms with van der Waals surface area (Å²) in [6, 6.07) is 16.1. The van der Waals surface area contributed by atoms with Gasteiger partial charge in [0.25, 0.3) is 0 Å². The molecule has 0 aromatic heterocycles. The highest BCUT2D eigenvalue weighted by Crippen LogP contribution is 2.18. The third kappa shape index (κ3) is 4.19. The van der Waals surface area contributed by atoms with Crippen molar-refractivity contribution in [3.63, 3.8) is 0 Å². The van der Waals surface area contributed by atoms with E-state index in [1.807, 2.05) is 54.7 Å². The number of ether oxygens (including phenoxy) is 1. The molecule has 0 aliphatic carbocycles. The highest BCUT2D eigenvalue weighted by atomic mass is 16.5. The summed E-state index contributed by atoms with van der Waals surface area (Å²) in [5.41, 5.74) is 4.50. The molecule has 0 aliphatic rings. The molecule has 0 fully saturated rings. The van der Waals surface area contributed by atoms with Crippen molar-refractivity contribution < 1.29 is 9.31 Å². The monoisotopic (exact) mass is 310 g/mol. The summed E-state index contributed by atoms with van der Waals surface area (Å²) in [5.74, 6) is 0.841. The van der Waals surface area contributed by atoms with E-state index in [0.717, 1.165) is 17.1 Å². The molecule has 0 amide bonds. The van der Waals surface area contributed by atoms with Gasteiger partial charge in [-0.1, -0.05) is 18.2 Å². The van der Waals surface area contributed by atoms with Crippen LogP contribution in [0.25, 0.3) is 0 Å². The van der Waals surface area contributed by atoms with Crippen LogP contribution in [0.1, 0.15) is 12.5 Å². The van der Waals surface area contributed by atoms with Gasteiger partial charge in [-0.15, -0.1) is 0 Å². The molecule has 23 heavy (non-hydrogen) atoms. The number of anilines is 1. The van der Waals surface area contributed by atoms with Gasteiger partial charge in [0.05, 0.1) is 12.8 Å². The second-order valence-electron chi connectivity index (χ2n) is 5.45. The summed E-state index contributed by atoms with van der Waals surface area (Å²) < 4.78 is 7.31. The fourth-order valence-corrected chi connectivity index (χ4v) is 2.25. The lowest BCUT2D eigenvalue weighted by molar-refractivity contribution is -0.403. The zero-order valence-electron chi connectivity index (χ0n) is 14.4. The van der Waals surface area contributed by atoms with Crippen LogP contribution in [0, 0.1) is 6.92 Å². The van der Waals surface area contributed by atoms with Crippen molar-refractivity contribution in [1.82, 2.24) is 0 Å². The van der Waals surface area contributed by atoms with Crippen LogP contribution in [0.2, 0.25) is 0 Å². The van der Waals surface area contributed by atoms with E-state index in [1.165, 1.54) is 11.3 Å². The number of para-hydroxylation sites is 1. The number of hydrazone groups is 1. The first-order chi connectivity index (χ1) is 11.0. The van der Waals surface area contributed by atoms with Gasteiger partial charge < -0.3 is 4.74 Å². The Kier molecular flexibility index (Phi) is 5.52. The van der Waals surface area contributed by atoms with Gasteiger partial charge in [-0.2, -0.15) is 9.68 Å². The summed E-state index contributed by atoms with van der Waals surface area (Å²) in [7, 11) is 5.65. The first kappa shape index (κ1) is 16.7. The Bertz CT molecular complexity index is 718. The highest BCUT2D eigenvalue weighted by Gasteiger charge is 2.10. The molecular weight excluding hydrogens is 286 g/mol. The minimum absolute atomic E-state index is 0.841. The highest BCUT2D eigenvalue weighted by molar-refractivity contribution is 6.27. The molecule has 0 saturated heterocycles. The smallest absolute Gasteiger partial charge is 0.208 e. The third-order valence-corrected chi connectivity index (χ3v) is 3.87. The summed E-state index contributed by atoms with van der Waals surface area (Å²) in [5, 5.41) is 6.36. The number of hydrogen-bond donors (Lipinski definition) is 0. The van der Waals surface area contributed by atoms with E-state index < -0.39 is 0 Å². The van der Waals surface area contributed by atoms with E-state index in [9.17, 15) is 0 Å². The number of hydrogen-bond acceptors (Lipinski definition) is 3. The van der Waals surface area contributed by atoms with E-state index in [2.05, 4.69) is 42.7 Å². The maximum absolute atomic E-state index is 5.17. The van der Waals surface area contributed by atoms with Crippen LogP contribution < -0.4 is 9.75 Å². The lowest BCUT2D eigenvalue weighted by Crippen LogP contribution is -2.15. The van der Waals surface area contributed by atoms with Crippen LogP contribution in [-0.2, 0) is 0 Å². The van der Waals surface area contributed by atoms with Gasteiger partial charge in [-0.05, 0) is 31.2 Å². The molecule has 0 unspecified atom stereocenters. The second kappa shape index (κ2) is 7.58. The molecule has 4 heteroatoms. The second-order valence-corrected chi connectivity index (χ2v) is 5.45. The number of aryl methyl sites for hydroxylation is 1.